The Kier molecular flexibility index (Phi) is 1.48. The molecule has 0 aromatic carbocycles. The van der Waals surface area contributed by atoms with Gasteiger partial charge in [-0.1, -0.05) is 0 Å². The fourth-order valence-corrected chi connectivity index (χ4v) is 0.501. The summed E-state index contributed by atoms with van der Waals surface area (Å²) in [6, 6.07) is 0. The molecule has 8 heavy (non-hydrogen) atoms. The Hall–Kier alpha value is -0.570. The Balaban J connectivity index is 3.03. The molecule has 0 N–H and O–H groups in total. The highest BCUT2D eigenvalue weighted by molar-refractivity contribution is 7.80. The number of aryl methyl sites for hydroxylation is 1. The Morgan fingerprint density at radius 2 is 1.88 bits per heavy atom. The minimum absolute atomic E-state index is 0.780. The highest BCUT2D eigenvalue weighted by Crippen LogP contribution is 1.98. The molecule has 1 aromatic heterocycles. The monoisotopic (exact) mass is 126 g/mol. The average molecular weight is 126 g/mol. The summed E-state index contributed by atoms with van der Waals surface area (Å²) in [6.45, 7) is 1.84. The molecule has 0 fully saturated rings. The van der Waals surface area contributed by atoms with Crippen molar-refractivity contribution in [3.63, 3.8) is 0 Å². The molecule has 0 saturated heterocycles. The van der Waals surface area contributed by atoms with E-state index < -0.39 is 0 Å². The maximum atomic E-state index is 4.01. The van der Waals surface area contributed by atoms with Gasteiger partial charge in [-0.2, -0.15) is 0 Å². The lowest BCUT2D eigenvalue weighted by atomic mass is 10.6. The molecule has 2 nitrogen and oxygen atoms in total. The van der Waals surface area contributed by atoms with Crippen molar-refractivity contribution in [1.82, 2.24) is 9.97 Å². The topological polar surface area (TPSA) is 25.8 Å². The second-order valence-electron chi connectivity index (χ2n) is 1.49. The Bertz CT molecular complexity index is 149. The first-order chi connectivity index (χ1) is 3.79. The van der Waals surface area contributed by atoms with Crippen molar-refractivity contribution in [2.45, 2.75) is 11.8 Å². The van der Waals surface area contributed by atoms with Gasteiger partial charge in [-0.15, -0.1) is 12.6 Å². The quantitative estimate of drug-likeness (QED) is 0.526. The van der Waals surface area contributed by atoms with Crippen LogP contribution in [0.5, 0.6) is 0 Å². The maximum absolute atomic E-state index is 4.01. The molecule has 0 spiro atoms. The average Bonchev–Trinajstić information content (AvgIpc) is 1.77. The van der Waals surface area contributed by atoms with E-state index in [0.29, 0.717) is 0 Å². The molecule has 0 aliphatic carbocycles. The molecule has 0 radical (unpaired) electrons. The molecule has 1 aromatic rings. The lowest BCUT2D eigenvalue weighted by Gasteiger charge is -1.87. The van der Waals surface area contributed by atoms with Gasteiger partial charge in [0.2, 0.25) is 0 Å². The van der Waals surface area contributed by atoms with Crippen LogP contribution >= 0.6 is 12.6 Å². The second kappa shape index (κ2) is 2.13. The van der Waals surface area contributed by atoms with Crippen LogP contribution in [0.1, 0.15) is 5.82 Å². The van der Waals surface area contributed by atoms with Crippen molar-refractivity contribution in [2.24, 2.45) is 0 Å². The van der Waals surface area contributed by atoms with Gasteiger partial charge >= 0.3 is 0 Å². The largest absolute Gasteiger partial charge is 0.241 e. The summed E-state index contributed by atoms with van der Waals surface area (Å²) < 4.78 is 0. The summed E-state index contributed by atoms with van der Waals surface area (Å²) in [5, 5.41) is 0. The Morgan fingerprint density at radius 3 is 2.25 bits per heavy atom. The normalized spacial score (nSPS) is 9.25. The number of hydrogen-bond donors (Lipinski definition) is 1. The predicted molar refractivity (Wildman–Crippen MR) is 34.0 cm³/mol. The fraction of sp³-hybridized carbons (Fsp3) is 0.200. The van der Waals surface area contributed by atoms with Gasteiger partial charge in [0.15, 0.2) is 0 Å². The van der Waals surface area contributed by atoms with Crippen LogP contribution in [0.15, 0.2) is 17.3 Å². The molecule has 0 unspecified atom stereocenters. The molecule has 42 valence electrons. The molecule has 1 heterocycles. The number of nitrogens with zero attached hydrogens (tertiary/aromatic N) is 2. The van der Waals surface area contributed by atoms with Gasteiger partial charge in [-0.3, -0.25) is 0 Å². The smallest absolute Gasteiger partial charge is 0.125 e. The van der Waals surface area contributed by atoms with Gasteiger partial charge in [0, 0.05) is 17.3 Å². The third-order valence-corrected chi connectivity index (χ3v) is 0.998. The van der Waals surface area contributed by atoms with Gasteiger partial charge in [0.1, 0.15) is 5.82 Å². The Morgan fingerprint density at radius 1 is 1.38 bits per heavy atom. The van der Waals surface area contributed by atoms with Gasteiger partial charge in [0.05, 0.1) is 0 Å². The van der Waals surface area contributed by atoms with E-state index in [0.717, 1.165) is 10.7 Å². The molecular formula is C5H6N2S. The van der Waals surface area contributed by atoms with E-state index in [1.165, 1.54) is 0 Å². The van der Waals surface area contributed by atoms with Crippen LogP contribution in [0.4, 0.5) is 0 Å². The SMILES string of the molecule is Cc1ncc(S)cn1. The van der Waals surface area contributed by atoms with Crippen molar-refractivity contribution in [1.29, 1.82) is 0 Å². The van der Waals surface area contributed by atoms with E-state index in [1.807, 2.05) is 6.92 Å². The molecule has 0 aliphatic heterocycles. The molecule has 1 rings (SSSR count). The highest BCUT2D eigenvalue weighted by Gasteiger charge is 1.83. The standard InChI is InChI=1S/C5H6N2S/c1-4-6-2-5(8)3-7-4/h2-3,8H,1H3. The molecule has 3 heteroatoms. The van der Waals surface area contributed by atoms with Crippen molar-refractivity contribution >= 4 is 12.6 Å². The minimum Gasteiger partial charge on any atom is -0.241 e. The summed E-state index contributed by atoms with van der Waals surface area (Å²) in [4.78, 5) is 8.58. The first-order valence-corrected chi connectivity index (χ1v) is 2.71. The lowest BCUT2D eigenvalue weighted by Crippen LogP contribution is -1.83. The van der Waals surface area contributed by atoms with Crippen molar-refractivity contribution in [3.8, 4) is 0 Å². The third kappa shape index (κ3) is 1.20. The van der Waals surface area contributed by atoms with E-state index >= 15 is 0 Å². The van der Waals surface area contributed by atoms with E-state index in [4.69, 9.17) is 0 Å². The number of hydrogen-bond acceptors (Lipinski definition) is 3. The zero-order valence-electron chi connectivity index (χ0n) is 4.50. The number of rotatable bonds is 0. The van der Waals surface area contributed by atoms with Crippen LogP contribution in [0.2, 0.25) is 0 Å². The summed E-state index contributed by atoms with van der Waals surface area (Å²) in [7, 11) is 0. The van der Waals surface area contributed by atoms with Gasteiger partial charge < -0.3 is 0 Å². The van der Waals surface area contributed by atoms with Crippen LogP contribution in [0.3, 0.4) is 0 Å². The van der Waals surface area contributed by atoms with E-state index in [9.17, 15) is 0 Å². The van der Waals surface area contributed by atoms with Gasteiger partial charge in [-0.25, -0.2) is 9.97 Å². The van der Waals surface area contributed by atoms with Crippen LogP contribution in [0.25, 0.3) is 0 Å². The van der Waals surface area contributed by atoms with Crippen LogP contribution < -0.4 is 0 Å². The molecule has 0 aliphatic rings. The minimum atomic E-state index is 0.780. The van der Waals surface area contributed by atoms with Crippen LogP contribution in [0, 0.1) is 6.92 Å². The summed E-state index contributed by atoms with van der Waals surface area (Å²) >= 11 is 4.01. The zero-order valence-corrected chi connectivity index (χ0v) is 5.39. The summed E-state index contributed by atoms with van der Waals surface area (Å²) in [6.07, 6.45) is 3.34. The Labute approximate surface area is 53.4 Å². The van der Waals surface area contributed by atoms with E-state index in [2.05, 4.69) is 22.6 Å². The predicted octanol–water partition coefficient (Wildman–Crippen LogP) is 1.07. The van der Waals surface area contributed by atoms with Gasteiger partial charge in [0.25, 0.3) is 0 Å². The van der Waals surface area contributed by atoms with Gasteiger partial charge in [-0.05, 0) is 6.92 Å². The third-order valence-electron chi connectivity index (χ3n) is 0.767. The molecule has 0 saturated carbocycles. The highest BCUT2D eigenvalue weighted by atomic mass is 32.1. The maximum Gasteiger partial charge on any atom is 0.125 e. The summed E-state index contributed by atoms with van der Waals surface area (Å²) in [5.41, 5.74) is 0. The molecule has 0 bridgehead atoms. The first kappa shape index (κ1) is 5.56. The van der Waals surface area contributed by atoms with E-state index in [-0.39, 0.29) is 0 Å². The van der Waals surface area contributed by atoms with Crippen molar-refractivity contribution < 1.29 is 0 Å². The molecule has 0 atom stereocenters. The number of thiol groups is 1. The fourth-order valence-electron chi connectivity index (χ4n) is 0.386. The number of aromatic nitrogens is 2. The van der Waals surface area contributed by atoms with E-state index in [1.54, 1.807) is 12.4 Å². The second-order valence-corrected chi connectivity index (χ2v) is 2.00. The van der Waals surface area contributed by atoms with Crippen molar-refractivity contribution in [3.05, 3.63) is 18.2 Å². The zero-order chi connectivity index (χ0) is 5.98. The van der Waals surface area contributed by atoms with Crippen molar-refractivity contribution in [2.75, 3.05) is 0 Å². The molecule has 0 amide bonds. The van der Waals surface area contributed by atoms with Crippen LogP contribution in [-0.4, -0.2) is 9.97 Å². The molecular weight excluding hydrogens is 120 g/mol. The summed E-state index contributed by atoms with van der Waals surface area (Å²) in [5.74, 6) is 0.780. The lowest BCUT2D eigenvalue weighted by molar-refractivity contribution is 1.01. The first-order valence-electron chi connectivity index (χ1n) is 2.26. The van der Waals surface area contributed by atoms with Crippen LogP contribution in [-0.2, 0) is 0 Å².